The van der Waals surface area contributed by atoms with E-state index in [-0.39, 0.29) is 10.6 Å². The van der Waals surface area contributed by atoms with Crippen LogP contribution in [0.1, 0.15) is 37.8 Å². The summed E-state index contributed by atoms with van der Waals surface area (Å²) >= 11 is 0. The molecule has 0 aliphatic carbocycles. The summed E-state index contributed by atoms with van der Waals surface area (Å²) in [4.78, 5) is 12.7. The van der Waals surface area contributed by atoms with Crippen molar-refractivity contribution in [2.45, 2.75) is 33.1 Å². The van der Waals surface area contributed by atoms with Crippen LogP contribution in [0.2, 0.25) is 0 Å². The highest BCUT2D eigenvalue weighted by Crippen LogP contribution is 2.28. The van der Waals surface area contributed by atoms with Gasteiger partial charge in [0.2, 0.25) is 0 Å². The molecule has 1 atom stereocenters. The highest BCUT2D eigenvalue weighted by Gasteiger charge is 2.20. The maximum atomic E-state index is 10.7. The average Bonchev–Trinajstić information content (AvgIpc) is 2.51. The smallest absolute Gasteiger partial charge is 0.269 e. The highest BCUT2D eigenvalue weighted by atomic mass is 16.6. The van der Waals surface area contributed by atoms with Crippen molar-refractivity contribution in [3.05, 3.63) is 39.4 Å². The number of nitro groups is 1. The van der Waals surface area contributed by atoms with Gasteiger partial charge in [-0.2, -0.15) is 0 Å². The van der Waals surface area contributed by atoms with Gasteiger partial charge in [-0.1, -0.05) is 26.8 Å². The number of fused-ring (bicyclic) bond motifs is 1. The van der Waals surface area contributed by atoms with Gasteiger partial charge in [0.25, 0.3) is 5.69 Å². The minimum Gasteiger partial charge on any atom is -0.305 e. The molecule has 1 aliphatic heterocycles. The predicted molar refractivity (Wildman–Crippen MR) is 74.1 cm³/mol. The van der Waals surface area contributed by atoms with E-state index >= 15 is 0 Å². The molecule has 0 fully saturated rings. The Bertz CT molecular complexity index is 418. The first-order chi connectivity index (χ1) is 8.58. The molecule has 4 nitrogen and oxygen atoms in total. The van der Waals surface area contributed by atoms with E-state index in [4.69, 9.17) is 0 Å². The van der Waals surface area contributed by atoms with Gasteiger partial charge in [0.1, 0.15) is 0 Å². The lowest BCUT2D eigenvalue weighted by atomic mass is 9.95. The molecule has 0 amide bonds. The molecule has 100 valence electrons. The van der Waals surface area contributed by atoms with Crippen molar-refractivity contribution >= 4 is 5.69 Å². The fraction of sp³-hybridized carbons (Fsp3) is 0.571. The molecule has 18 heavy (non-hydrogen) atoms. The van der Waals surface area contributed by atoms with E-state index in [1.165, 1.54) is 5.56 Å². The Morgan fingerprint density at radius 1 is 1.39 bits per heavy atom. The van der Waals surface area contributed by atoms with E-state index < -0.39 is 0 Å². The molecular formula is C14H22N2O2. The minimum absolute atomic E-state index is 0.204. The molecule has 1 unspecified atom stereocenters. The Balaban J connectivity index is 0.000000771. The van der Waals surface area contributed by atoms with Gasteiger partial charge in [-0.15, -0.1) is 0 Å². The monoisotopic (exact) mass is 250 g/mol. The van der Waals surface area contributed by atoms with Crippen LogP contribution in [0.25, 0.3) is 0 Å². The first kappa shape index (κ1) is 14.6. The van der Waals surface area contributed by atoms with Crippen molar-refractivity contribution in [3.8, 4) is 0 Å². The zero-order chi connectivity index (χ0) is 13.7. The summed E-state index contributed by atoms with van der Waals surface area (Å²) in [7, 11) is 2.09. The van der Waals surface area contributed by atoms with E-state index in [1.807, 2.05) is 19.9 Å². The molecule has 1 aromatic rings. The fourth-order valence-electron chi connectivity index (χ4n) is 2.35. The Labute approximate surface area is 109 Å². The fourth-order valence-corrected chi connectivity index (χ4v) is 2.35. The largest absolute Gasteiger partial charge is 0.305 e. The molecule has 0 saturated heterocycles. The number of nitro benzene ring substituents is 1. The number of hydrogen-bond acceptors (Lipinski definition) is 3. The maximum absolute atomic E-state index is 10.7. The zero-order valence-electron chi connectivity index (χ0n) is 11.6. The lowest BCUT2D eigenvalue weighted by molar-refractivity contribution is -0.384. The molecule has 4 heteroatoms. The molecule has 1 aromatic carbocycles. The van der Waals surface area contributed by atoms with Gasteiger partial charge in [0, 0.05) is 25.2 Å². The number of non-ortho nitro benzene ring substituents is 1. The van der Waals surface area contributed by atoms with E-state index in [1.54, 1.807) is 12.1 Å². The molecule has 0 bridgehead atoms. The zero-order valence-corrected chi connectivity index (χ0v) is 11.6. The quantitative estimate of drug-likeness (QED) is 0.568. The van der Waals surface area contributed by atoms with Crippen LogP contribution in [0, 0.1) is 10.1 Å². The maximum Gasteiger partial charge on any atom is 0.269 e. The van der Waals surface area contributed by atoms with E-state index in [9.17, 15) is 10.1 Å². The Hall–Kier alpha value is -1.42. The van der Waals surface area contributed by atoms with Crippen LogP contribution in [0.15, 0.2) is 18.2 Å². The molecule has 1 heterocycles. The third-order valence-electron chi connectivity index (χ3n) is 3.22. The summed E-state index contributed by atoms with van der Waals surface area (Å²) in [5.74, 6) is 0.363. The van der Waals surface area contributed by atoms with Gasteiger partial charge in [-0.05, 0) is 30.5 Å². The molecule has 0 saturated carbocycles. The number of likely N-dealkylation sites (N-methyl/N-ethyl adjacent to an activating group) is 1. The molecule has 0 N–H and O–H groups in total. The van der Waals surface area contributed by atoms with E-state index in [0.29, 0.717) is 5.92 Å². The van der Waals surface area contributed by atoms with Crippen LogP contribution in [-0.4, -0.2) is 30.0 Å². The van der Waals surface area contributed by atoms with Crippen LogP contribution in [-0.2, 0) is 6.42 Å². The van der Waals surface area contributed by atoms with Gasteiger partial charge < -0.3 is 4.90 Å². The minimum atomic E-state index is -0.318. The first-order valence-electron chi connectivity index (χ1n) is 6.53. The van der Waals surface area contributed by atoms with Crippen LogP contribution in [0.4, 0.5) is 5.69 Å². The van der Waals surface area contributed by atoms with Gasteiger partial charge in [-0.3, -0.25) is 10.1 Å². The standard InChI is InChI=1S/C12H16N2O2.C2H6/c1-9-8-13(2)6-5-10-3-4-11(14(15)16)7-12(9)10;1-2/h3-4,7,9H,5-6,8H2,1-2H3;1-2H3. The summed E-state index contributed by atoms with van der Waals surface area (Å²) in [5, 5.41) is 10.7. The summed E-state index contributed by atoms with van der Waals surface area (Å²) in [6.07, 6.45) is 0.980. The third-order valence-corrected chi connectivity index (χ3v) is 3.22. The van der Waals surface area contributed by atoms with Crippen LogP contribution >= 0.6 is 0 Å². The average molecular weight is 250 g/mol. The second kappa shape index (κ2) is 6.50. The van der Waals surface area contributed by atoms with Crippen molar-refractivity contribution in [1.29, 1.82) is 0 Å². The topological polar surface area (TPSA) is 46.4 Å². The Morgan fingerprint density at radius 2 is 2.06 bits per heavy atom. The summed E-state index contributed by atoms with van der Waals surface area (Å²) in [5.41, 5.74) is 2.59. The van der Waals surface area contributed by atoms with Crippen LogP contribution < -0.4 is 0 Å². The Kier molecular flexibility index (Phi) is 5.28. The lowest BCUT2D eigenvalue weighted by Crippen LogP contribution is -2.22. The number of rotatable bonds is 1. The first-order valence-corrected chi connectivity index (χ1v) is 6.53. The molecular weight excluding hydrogens is 228 g/mol. The summed E-state index contributed by atoms with van der Waals surface area (Å²) in [6, 6.07) is 5.25. The van der Waals surface area contributed by atoms with Crippen LogP contribution in [0.5, 0.6) is 0 Å². The lowest BCUT2D eigenvalue weighted by Gasteiger charge is -2.16. The normalized spacial score (nSPS) is 19.2. The molecule has 0 spiro atoms. The highest BCUT2D eigenvalue weighted by molar-refractivity contribution is 5.42. The number of nitrogens with zero attached hydrogens (tertiary/aromatic N) is 2. The number of hydrogen-bond donors (Lipinski definition) is 0. The van der Waals surface area contributed by atoms with Gasteiger partial charge in [0.05, 0.1) is 4.92 Å². The molecule has 2 rings (SSSR count). The molecule has 1 aliphatic rings. The van der Waals surface area contributed by atoms with Crippen molar-refractivity contribution in [3.63, 3.8) is 0 Å². The van der Waals surface area contributed by atoms with E-state index in [2.05, 4.69) is 18.9 Å². The summed E-state index contributed by atoms with van der Waals surface area (Å²) in [6.45, 7) is 8.12. The van der Waals surface area contributed by atoms with Gasteiger partial charge >= 0.3 is 0 Å². The van der Waals surface area contributed by atoms with Crippen molar-refractivity contribution in [2.75, 3.05) is 20.1 Å². The SMILES string of the molecule is CC.CC1CN(C)CCc2ccc([N+](=O)[O-])cc21. The van der Waals surface area contributed by atoms with E-state index in [0.717, 1.165) is 25.1 Å². The second-order valence-electron chi connectivity index (χ2n) is 4.55. The Morgan fingerprint density at radius 3 is 2.67 bits per heavy atom. The van der Waals surface area contributed by atoms with Crippen molar-refractivity contribution in [2.24, 2.45) is 0 Å². The predicted octanol–water partition coefficient (Wildman–Crippen LogP) is 3.21. The van der Waals surface area contributed by atoms with Crippen LogP contribution in [0.3, 0.4) is 0 Å². The summed E-state index contributed by atoms with van der Waals surface area (Å²) < 4.78 is 0. The van der Waals surface area contributed by atoms with Crippen molar-refractivity contribution in [1.82, 2.24) is 4.90 Å². The van der Waals surface area contributed by atoms with Gasteiger partial charge in [0.15, 0.2) is 0 Å². The van der Waals surface area contributed by atoms with Crippen molar-refractivity contribution < 1.29 is 4.92 Å². The third kappa shape index (κ3) is 3.29. The van der Waals surface area contributed by atoms with Gasteiger partial charge in [-0.25, -0.2) is 0 Å². The molecule has 0 radical (unpaired) electrons. The second-order valence-corrected chi connectivity index (χ2v) is 4.55. The number of benzene rings is 1. The molecule has 0 aromatic heterocycles.